The van der Waals surface area contributed by atoms with Gasteiger partial charge in [0.1, 0.15) is 17.7 Å². The fourth-order valence-electron chi connectivity index (χ4n) is 3.21. The summed E-state index contributed by atoms with van der Waals surface area (Å²) in [5.41, 5.74) is 0.871. The van der Waals surface area contributed by atoms with Gasteiger partial charge in [-0.2, -0.15) is 0 Å². The second kappa shape index (κ2) is 12.4. The van der Waals surface area contributed by atoms with Crippen molar-refractivity contribution in [2.45, 2.75) is 85.0 Å². The first-order chi connectivity index (χ1) is 14.9. The van der Waals surface area contributed by atoms with Crippen molar-refractivity contribution in [3.05, 3.63) is 35.4 Å². The third-order valence-electron chi connectivity index (χ3n) is 4.56. The van der Waals surface area contributed by atoms with E-state index < -0.39 is 36.3 Å². The van der Waals surface area contributed by atoms with Crippen LogP contribution < -0.4 is 10.6 Å². The Morgan fingerprint density at radius 3 is 2.31 bits per heavy atom. The van der Waals surface area contributed by atoms with Crippen LogP contribution in [-0.4, -0.2) is 58.8 Å². The molecule has 3 N–H and O–H groups in total. The molecule has 2 unspecified atom stereocenters. The van der Waals surface area contributed by atoms with Gasteiger partial charge < -0.3 is 25.4 Å². The molecule has 180 valence electrons. The van der Waals surface area contributed by atoms with E-state index >= 15 is 0 Å². The van der Waals surface area contributed by atoms with E-state index in [4.69, 9.17) is 4.74 Å². The van der Waals surface area contributed by atoms with Crippen molar-refractivity contribution in [1.29, 1.82) is 0 Å². The van der Waals surface area contributed by atoms with E-state index in [1.165, 1.54) is 4.90 Å². The van der Waals surface area contributed by atoms with Gasteiger partial charge in [-0.05, 0) is 53.5 Å². The lowest BCUT2D eigenvalue weighted by atomic mass is 10.00. The zero-order valence-electron chi connectivity index (χ0n) is 20.4. The molecule has 0 aliphatic heterocycles. The van der Waals surface area contributed by atoms with Crippen molar-refractivity contribution < 1.29 is 24.2 Å². The second-order valence-corrected chi connectivity index (χ2v) is 9.25. The van der Waals surface area contributed by atoms with E-state index in [9.17, 15) is 19.5 Å². The van der Waals surface area contributed by atoms with Gasteiger partial charge in [-0.3, -0.25) is 9.59 Å². The van der Waals surface area contributed by atoms with Gasteiger partial charge in [-0.1, -0.05) is 43.2 Å². The van der Waals surface area contributed by atoms with Crippen LogP contribution in [0.1, 0.15) is 71.6 Å². The van der Waals surface area contributed by atoms with Gasteiger partial charge >= 0.3 is 6.09 Å². The van der Waals surface area contributed by atoms with Gasteiger partial charge in [-0.25, -0.2) is 4.79 Å². The summed E-state index contributed by atoms with van der Waals surface area (Å²) in [6, 6.07) is 5.17. The highest BCUT2D eigenvalue weighted by Crippen LogP contribution is 2.24. The number of hydrogen-bond donors (Lipinski definition) is 3. The molecular weight excluding hydrogens is 410 g/mol. The molecule has 0 saturated carbocycles. The predicted octanol–water partition coefficient (Wildman–Crippen LogP) is 3.08. The zero-order valence-corrected chi connectivity index (χ0v) is 20.4. The highest BCUT2D eigenvalue weighted by molar-refractivity contribution is 5.92. The molecule has 1 aromatic rings. The largest absolute Gasteiger partial charge is 0.444 e. The number of nitrogens with one attached hydrogen (secondary N) is 2. The van der Waals surface area contributed by atoms with Crippen LogP contribution in [0.15, 0.2) is 24.3 Å². The maximum atomic E-state index is 13.5. The summed E-state index contributed by atoms with van der Waals surface area (Å²) >= 11 is 0. The minimum atomic E-state index is -1.24. The van der Waals surface area contributed by atoms with Gasteiger partial charge in [0.05, 0.1) is 6.61 Å². The van der Waals surface area contributed by atoms with Crippen LogP contribution in [-0.2, 0) is 14.3 Å². The van der Waals surface area contributed by atoms with Crippen molar-refractivity contribution in [3.8, 4) is 0 Å². The Bertz CT molecular complexity index is 773. The number of aliphatic hydroxyl groups excluding tert-OH is 1. The lowest BCUT2D eigenvalue weighted by Gasteiger charge is -2.34. The topological polar surface area (TPSA) is 108 Å². The molecular formula is C24H39N3O5. The third kappa shape index (κ3) is 8.86. The quantitative estimate of drug-likeness (QED) is 0.509. The Morgan fingerprint density at radius 2 is 1.81 bits per heavy atom. The molecule has 0 fully saturated rings. The van der Waals surface area contributed by atoms with Gasteiger partial charge in [0.25, 0.3) is 0 Å². The number of nitrogens with zero attached hydrogens (tertiary/aromatic N) is 1. The van der Waals surface area contributed by atoms with Crippen molar-refractivity contribution >= 4 is 17.9 Å². The number of unbranched alkanes of at least 4 members (excludes halogenated alkanes) is 1. The number of amides is 3. The van der Waals surface area contributed by atoms with Gasteiger partial charge in [0.2, 0.25) is 11.8 Å². The van der Waals surface area contributed by atoms with Crippen LogP contribution in [0.25, 0.3) is 0 Å². The van der Waals surface area contributed by atoms with E-state index in [0.29, 0.717) is 18.5 Å². The molecule has 0 radical (unpaired) electrons. The average molecular weight is 450 g/mol. The summed E-state index contributed by atoms with van der Waals surface area (Å²) in [4.78, 5) is 40.4. The van der Waals surface area contributed by atoms with Crippen LogP contribution in [0.5, 0.6) is 0 Å². The maximum absolute atomic E-state index is 13.5. The van der Waals surface area contributed by atoms with Crippen LogP contribution >= 0.6 is 0 Å². The number of benzene rings is 1. The zero-order chi connectivity index (χ0) is 24.5. The molecule has 8 heteroatoms. The Hall–Kier alpha value is -2.61. The molecule has 1 aromatic carbocycles. The SMILES string of the molecule is CCCCN(C(=O)C(CO)NC(=O)OC(C)(C)C)C(C(=O)NC(C)C)c1cccc(C)c1. The molecule has 0 spiro atoms. The van der Waals surface area contributed by atoms with Crippen LogP contribution in [0, 0.1) is 6.92 Å². The van der Waals surface area contributed by atoms with Gasteiger partial charge in [-0.15, -0.1) is 0 Å². The fourth-order valence-corrected chi connectivity index (χ4v) is 3.21. The first-order valence-corrected chi connectivity index (χ1v) is 11.2. The lowest BCUT2D eigenvalue weighted by molar-refractivity contribution is -0.143. The highest BCUT2D eigenvalue weighted by atomic mass is 16.6. The monoisotopic (exact) mass is 449 g/mol. The van der Waals surface area contributed by atoms with E-state index in [0.717, 1.165) is 12.0 Å². The summed E-state index contributed by atoms with van der Waals surface area (Å²) in [7, 11) is 0. The van der Waals surface area contributed by atoms with Gasteiger partial charge in [0.15, 0.2) is 0 Å². The van der Waals surface area contributed by atoms with Crippen molar-refractivity contribution in [2.75, 3.05) is 13.2 Å². The number of alkyl carbamates (subject to hydrolysis) is 1. The van der Waals surface area contributed by atoms with Crippen molar-refractivity contribution in [3.63, 3.8) is 0 Å². The average Bonchev–Trinajstić information content (AvgIpc) is 2.66. The summed E-state index contributed by atoms with van der Waals surface area (Å²) in [6.07, 6.45) is 0.659. The maximum Gasteiger partial charge on any atom is 0.408 e. The predicted molar refractivity (Wildman–Crippen MR) is 124 cm³/mol. The number of ether oxygens (including phenoxy) is 1. The van der Waals surface area contributed by atoms with E-state index in [1.807, 2.05) is 45.9 Å². The number of carbonyl (C=O) groups excluding carboxylic acids is 3. The Morgan fingerprint density at radius 1 is 1.16 bits per heavy atom. The lowest BCUT2D eigenvalue weighted by Crippen LogP contribution is -2.55. The summed E-state index contributed by atoms with van der Waals surface area (Å²) in [5, 5.41) is 15.2. The molecule has 8 nitrogen and oxygen atoms in total. The van der Waals surface area contributed by atoms with Crippen LogP contribution in [0.4, 0.5) is 4.79 Å². The normalized spacial score (nSPS) is 13.3. The van der Waals surface area contributed by atoms with Crippen LogP contribution in [0.2, 0.25) is 0 Å². The second-order valence-electron chi connectivity index (χ2n) is 9.25. The number of rotatable bonds is 10. The summed E-state index contributed by atoms with van der Waals surface area (Å²) in [5.74, 6) is -0.860. The third-order valence-corrected chi connectivity index (χ3v) is 4.56. The molecule has 2 atom stereocenters. The number of hydrogen-bond acceptors (Lipinski definition) is 5. The van der Waals surface area contributed by atoms with Crippen molar-refractivity contribution in [1.82, 2.24) is 15.5 Å². The molecule has 32 heavy (non-hydrogen) atoms. The number of carbonyl (C=O) groups is 3. The van der Waals surface area contributed by atoms with Gasteiger partial charge in [0, 0.05) is 12.6 Å². The summed E-state index contributed by atoms with van der Waals surface area (Å²) < 4.78 is 5.23. The molecule has 0 bridgehead atoms. The first-order valence-electron chi connectivity index (χ1n) is 11.2. The Kier molecular flexibility index (Phi) is 10.7. The fraction of sp³-hybridized carbons (Fsp3) is 0.625. The van der Waals surface area contributed by atoms with E-state index in [1.54, 1.807) is 26.8 Å². The highest BCUT2D eigenvalue weighted by Gasteiger charge is 2.36. The minimum Gasteiger partial charge on any atom is -0.444 e. The number of aliphatic hydroxyl groups is 1. The Balaban J connectivity index is 3.33. The minimum absolute atomic E-state index is 0.119. The Labute approximate surface area is 191 Å². The molecule has 0 aliphatic rings. The van der Waals surface area contributed by atoms with Crippen molar-refractivity contribution in [2.24, 2.45) is 0 Å². The molecule has 0 aromatic heterocycles. The standard InChI is InChI=1S/C24H39N3O5/c1-8-9-13-27(22(30)19(15-28)26-23(31)32-24(5,6)7)20(21(29)25-16(2)3)18-12-10-11-17(4)14-18/h10-12,14,16,19-20,28H,8-9,13,15H2,1-7H3,(H,25,29)(H,26,31). The van der Waals surface area contributed by atoms with Crippen LogP contribution in [0.3, 0.4) is 0 Å². The first kappa shape index (κ1) is 27.4. The molecule has 0 aliphatic carbocycles. The van der Waals surface area contributed by atoms with E-state index in [-0.39, 0.29) is 11.9 Å². The summed E-state index contributed by atoms with van der Waals surface area (Å²) in [6.45, 7) is 12.4. The van der Waals surface area contributed by atoms with E-state index in [2.05, 4.69) is 10.6 Å². The molecule has 3 amide bonds. The molecule has 0 heterocycles. The molecule has 0 saturated heterocycles. The number of aryl methyl sites for hydroxylation is 1. The smallest absolute Gasteiger partial charge is 0.408 e. The molecule has 1 rings (SSSR count).